The van der Waals surface area contributed by atoms with Crippen LogP contribution in [0.25, 0.3) is 6.08 Å². The molecule has 1 atom stereocenters. The van der Waals surface area contributed by atoms with Gasteiger partial charge in [-0.15, -0.1) is 0 Å². The molecular formula is C25H28O11. The monoisotopic (exact) mass is 504 g/mol. The lowest BCUT2D eigenvalue weighted by atomic mass is 10.2. The van der Waals surface area contributed by atoms with E-state index in [1.54, 1.807) is 6.92 Å². The maximum absolute atomic E-state index is 10.7. The van der Waals surface area contributed by atoms with Crippen LogP contribution in [0.4, 0.5) is 0 Å². The predicted octanol–water partition coefficient (Wildman–Crippen LogP) is 2.72. The van der Waals surface area contributed by atoms with E-state index >= 15 is 0 Å². The zero-order valence-electron chi connectivity index (χ0n) is 20.0. The Labute approximate surface area is 208 Å². The average molecular weight is 504 g/mol. The van der Waals surface area contributed by atoms with Gasteiger partial charge in [-0.3, -0.25) is 0 Å². The Balaban J connectivity index is 0. The summed E-state index contributed by atoms with van der Waals surface area (Å²) >= 11 is 0. The van der Waals surface area contributed by atoms with Gasteiger partial charge in [-0.2, -0.15) is 0 Å². The number of carboxylic acid groups (broad SMARTS) is 2. The van der Waals surface area contributed by atoms with Crippen LogP contribution in [0.1, 0.15) is 25.8 Å². The smallest absolute Gasteiger partial charge is 0.338 e. The Kier molecular flexibility index (Phi) is 19.3. The molecule has 0 radical (unpaired) electrons. The number of hydrogen-bond donors (Lipinski definition) is 2. The zero-order chi connectivity index (χ0) is 27.9. The topological polar surface area (TPSA) is 171 Å². The highest BCUT2D eigenvalue weighted by molar-refractivity contribution is 6.04. The molecule has 1 aromatic rings. The van der Waals surface area contributed by atoms with Crippen LogP contribution < -0.4 is 0 Å². The molecule has 194 valence electrons. The van der Waals surface area contributed by atoms with Crippen LogP contribution in [0, 0.1) is 0 Å². The molecule has 1 unspecified atom stereocenters. The molecule has 1 aliphatic rings. The Morgan fingerprint density at radius 3 is 1.69 bits per heavy atom. The molecular weight excluding hydrogens is 476 g/mol. The molecule has 1 heterocycles. The van der Waals surface area contributed by atoms with Crippen molar-refractivity contribution in [2.45, 2.75) is 26.4 Å². The Morgan fingerprint density at radius 1 is 0.917 bits per heavy atom. The number of cyclic esters (lactones) is 2. The highest BCUT2D eigenvalue weighted by Gasteiger charge is 2.10. The molecule has 1 aliphatic heterocycles. The van der Waals surface area contributed by atoms with Crippen LogP contribution >= 0.6 is 0 Å². The number of carbonyl (C=O) groups is 6. The minimum absolute atomic E-state index is 0.170. The summed E-state index contributed by atoms with van der Waals surface area (Å²) in [5.74, 6) is -4.77. The number of esters is 4. The maximum atomic E-state index is 10.7. The molecule has 0 fully saturated rings. The molecule has 1 aromatic carbocycles. The van der Waals surface area contributed by atoms with E-state index in [1.807, 2.05) is 43.3 Å². The number of ether oxygens (including phenoxy) is 3. The van der Waals surface area contributed by atoms with Gasteiger partial charge in [-0.05, 0) is 18.9 Å². The molecule has 0 saturated heterocycles. The number of methoxy groups -OCH3 is 1. The molecule has 0 amide bonds. The fraction of sp³-hybridized carbons (Fsp3) is 0.200. The van der Waals surface area contributed by atoms with Gasteiger partial charge in [0, 0.05) is 36.5 Å². The summed E-state index contributed by atoms with van der Waals surface area (Å²) in [5, 5.41) is 16.1. The van der Waals surface area contributed by atoms with Gasteiger partial charge in [0.15, 0.2) is 0 Å². The number of benzene rings is 1. The van der Waals surface area contributed by atoms with Crippen LogP contribution in [0.5, 0.6) is 0 Å². The second-order valence-corrected chi connectivity index (χ2v) is 6.21. The SMILES string of the molecule is C=Cc1ccccc1.CCC(C)OC(=O)/C=C\C(=O)O.COC(=O)/C=C\C(=O)O.O=C1C=CC(=O)O1. The van der Waals surface area contributed by atoms with E-state index in [4.69, 9.17) is 14.9 Å². The molecule has 2 rings (SSSR count). The molecule has 0 aliphatic carbocycles. The molecule has 2 N–H and O–H groups in total. The summed E-state index contributed by atoms with van der Waals surface area (Å²) < 4.78 is 12.8. The third-order valence-corrected chi connectivity index (χ3v) is 3.41. The predicted molar refractivity (Wildman–Crippen MR) is 128 cm³/mol. The summed E-state index contributed by atoms with van der Waals surface area (Å²) in [6.45, 7) is 7.25. The quantitative estimate of drug-likeness (QED) is 0.242. The first-order chi connectivity index (χ1) is 16.9. The summed E-state index contributed by atoms with van der Waals surface area (Å²) in [4.78, 5) is 60.4. The number of rotatable bonds is 7. The van der Waals surface area contributed by atoms with Crippen LogP contribution in [-0.2, 0) is 43.0 Å². The minimum Gasteiger partial charge on any atom is -0.478 e. The van der Waals surface area contributed by atoms with E-state index in [-0.39, 0.29) is 6.10 Å². The zero-order valence-corrected chi connectivity index (χ0v) is 20.0. The average Bonchev–Trinajstić information content (AvgIpc) is 3.24. The fourth-order valence-electron chi connectivity index (χ4n) is 1.56. The largest absolute Gasteiger partial charge is 0.478 e. The van der Waals surface area contributed by atoms with Gasteiger partial charge < -0.3 is 24.4 Å². The van der Waals surface area contributed by atoms with Crippen LogP contribution in [-0.4, -0.2) is 59.2 Å². The number of carbonyl (C=O) groups excluding carboxylic acids is 4. The first-order valence-corrected chi connectivity index (χ1v) is 10.2. The Bertz CT molecular complexity index is 957. The van der Waals surface area contributed by atoms with Crippen molar-refractivity contribution in [3.8, 4) is 0 Å². The van der Waals surface area contributed by atoms with E-state index in [9.17, 15) is 28.8 Å². The lowest BCUT2D eigenvalue weighted by Gasteiger charge is -2.07. The second kappa shape index (κ2) is 20.8. The van der Waals surface area contributed by atoms with Gasteiger partial charge >= 0.3 is 35.8 Å². The van der Waals surface area contributed by atoms with Gasteiger partial charge in [0.2, 0.25) is 0 Å². The van der Waals surface area contributed by atoms with Crippen molar-refractivity contribution in [1.29, 1.82) is 0 Å². The van der Waals surface area contributed by atoms with Gasteiger partial charge in [-0.25, -0.2) is 28.8 Å². The lowest BCUT2D eigenvalue weighted by Crippen LogP contribution is -2.11. The Hall–Kier alpha value is -4.80. The molecule has 11 heteroatoms. The third kappa shape index (κ3) is 22.4. The van der Waals surface area contributed by atoms with Crippen LogP contribution in [0.2, 0.25) is 0 Å². The van der Waals surface area contributed by atoms with Crippen molar-refractivity contribution in [2.24, 2.45) is 0 Å². The van der Waals surface area contributed by atoms with Crippen molar-refractivity contribution >= 4 is 41.9 Å². The summed E-state index contributed by atoms with van der Waals surface area (Å²) in [7, 11) is 1.18. The fourth-order valence-corrected chi connectivity index (χ4v) is 1.56. The van der Waals surface area contributed by atoms with E-state index in [2.05, 4.69) is 16.1 Å². The van der Waals surface area contributed by atoms with Crippen molar-refractivity contribution in [1.82, 2.24) is 0 Å². The van der Waals surface area contributed by atoms with Crippen LogP contribution in [0.15, 0.2) is 73.4 Å². The molecule has 0 aromatic heterocycles. The highest BCUT2D eigenvalue weighted by atomic mass is 16.6. The van der Waals surface area contributed by atoms with Crippen molar-refractivity contribution in [3.63, 3.8) is 0 Å². The van der Waals surface area contributed by atoms with Gasteiger partial charge in [-0.1, -0.05) is 49.9 Å². The molecule has 0 bridgehead atoms. The summed E-state index contributed by atoms with van der Waals surface area (Å²) in [5.41, 5.74) is 1.17. The summed E-state index contributed by atoms with van der Waals surface area (Å²) in [6.07, 6.45) is 7.75. The normalized spacial score (nSPS) is 12.0. The van der Waals surface area contributed by atoms with Crippen molar-refractivity contribution in [3.05, 3.63) is 78.9 Å². The first-order valence-electron chi connectivity index (χ1n) is 10.2. The van der Waals surface area contributed by atoms with E-state index in [0.29, 0.717) is 12.5 Å². The molecule has 0 spiro atoms. The van der Waals surface area contributed by atoms with E-state index in [1.165, 1.54) is 12.7 Å². The maximum Gasteiger partial charge on any atom is 0.338 e. The third-order valence-electron chi connectivity index (χ3n) is 3.41. The van der Waals surface area contributed by atoms with Gasteiger partial charge in [0.1, 0.15) is 0 Å². The van der Waals surface area contributed by atoms with Crippen molar-refractivity contribution in [2.75, 3.05) is 7.11 Å². The molecule has 11 nitrogen and oxygen atoms in total. The highest BCUT2D eigenvalue weighted by Crippen LogP contribution is 1.98. The van der Waals surface area contributed by atoms with Crippen LogP contribution in [0.3, 0.4) is 0 Å². The van der Waals surface area contributed by atoms with Crippen molar-refractivity contribution < 1.29 is 53.2 Å². The van der Waals surface area contributed by atoms with Gasteiger partial charge in [0.25, 0.3) is 0 Å². The Morgan fingerprint density at radius 2 is 1.39 bits per heavy atom. The first kappa shape index (κ1) is 33.4. The minimum atomic E-state index is -1.17. The lowest BCUT2D eigenvalue weighted by molar-refractivity contribution is -0.150. The molecule has 0 saturated carbocycles. The standard InChI is InChI=1S/C8H12O4.C8H8.C5H6O4.C4H2O3/c1-3-6(2)12-8(11)5-4-7(9)10;1-2-8-6-4-3-5-7-8;1-9-5(8)3-2-4(6)7;5-3-1-2-4(6)7-3/h4-6H,3H2,1-2H3,(H,9,10);2-7H,1H2;2-3H,1H3,(H,6,7);1-2H/b5-4-;;3-2-;. The molecule has 36 heavy (non-hydrogen) atoms. The second-order valence-electron chi connectivity index (χ2n) is 6.21. The van der Waals surface area contributed by atoms with Gasteiger partial charge in [0.05, 0.1) is 13.2 Å². The van der Waals surface area contributed by atoms with E-state index < -0.39 is 35.8 Å². The number of aliphatic carboxylic acids is 2. The van der Waals surface area contributed by atoms with E-state index in [0.717, 1.165) is 30.4 Å². The number of hydrogen-bond acceptors (Lipinski definition) is 9. The summed E-state index contributed by atoms with van der Waals surface area (Å²) in [6, 6.07) is 10.0. The number of carboxylic acids is 2.